The monoisotopic (exact) mass is 472 g/mol. The molecule has 2 atom stereocenters. The molecule has 0 amide bonds. The van der Waals surface area contributed by atoms with Crippen LogP contribution in [0.2, 0.25) is 0 Å². The van der Waals surface area contributed by atoms with Gasteiger partial charge in [-0.3, -0.25) is 14.4 Å². The molecule has 3 N–H and O–H groups in total. The number of aliphatic carboxylic acids is 2. The molecule has 0 bridgehead atoms. The van der Waals surface area contributed by atoms with Crippen LogP contribution in [-0.2, 0) is 23.9 Å². The first-order valence-corrected chi connectivity index (χ1v) is 12.5. The summed E-state index contributed by atoms with van der Waals surface area (Å²) in [4.78, 5) is 47.4. The quantitative estimate of drug-likeness (QED) is 0.126. The summed E-state index contributed by atoms with van der Waals surface area (Å²) in [7, 11) is 0. The van der Waals surface area contributed by atoms with Crippen molar-refractivity contribution in [3.8, 4) is 0 Å². The summed E-state index contributed by atoms with van der Waals surface area (Å²) >= 11 is 0. The fraction of sp³-hybridized carbons (Fsp3) is 0.840. The summed E-state index contributed by atoms with van der Waals surface area (Å²) in [6.07, 6.45) is 9.98. The highest BCUT2D eigenvalue weighted by molar-refractivity contribution is 5.93. The van der Waals surface area contributed by atoms with Gasteiger partial charge in [0.05, 0.1) is 12.3 Å². The van der Waals surface area contributed by atoms with Crippen molar-refractivity contribution in [1.82, 2.24) is 0 Å². The average Bonchev–Trinajstić information content (AvgIpc) is 2.71. The summed E-state index contributed by atoms with van der Waals surface area (Å²) < 4.78 is 4.79. The van der Waals surface area contributed by atoms with Gasteiger partial charge < -0.3 is 20.1 Å². The number of carbonyl (C=O) groups excluding carboxylic acids is 2. The maximum absolute atomic E-state index is 12.6. The Morgan fingerprint density at radius 3 is 1.76 bits per heavy atom. The van der Waals surface area contributed by atoms with Gasteiger partial charge in [0.15, 0.2) is 5.60 Å². The number of carboxylic acid groups (broad SMARTS) is 2. The summed E-state index contributed by atoms with van der Waals surface area (Å²) in [5.41, 5.74) is -2.83. The van der Waals surface area contributed by atoms with E-state index in [1.165, 1.54) is 25.7 Å². The number of esters is 2. The average molecular weight is 473 g/mol. The van der Waals surface area contributed by atoms with E-state index in [-0.39, 0.29) is 12.8 Å². The highest BCUT2D eigenvalue weighted by Crippen LogP contribution is 2.29. The zero-order chi connectivity index (χ0) is 25.3. The van der Waals surface area contributed by atoms with Crippen molar-refractivity contribution in [3.63, 3.8) is 0 Å². The van der Waals surface area contributed by atoms with E-state index < -0.39 is 41.8 Å². The predicted molar refractivity (Wildman–Crippen MR) is 125 cm³/mol. The van der Waals surface area contributed by atoms with Crippen LogP contribution >= 0.6 is 0 Å². The van der Waals surface area contributed by atoms with Crippen LogP contribution < -0.4 is 0 Å². The van der Waals surface area contributed by atoms with Crippen LogP contribution in [0.4, 0.5) is 0 Å². The number of rotatable bonds is 20. The summed E-state index contributed by atoms with van der Waals surface area (Å²) in [5.74, 6) is -6.23. The Morgan fingerprint density at radius 1 is 0.788 bits per heavy atom. The highest BCUT2D eigenvalue weighted by atomic mass is 16.6. The maximum Gasteiger partial charge on any atom is 0.337 e. The summed E-state index contributed by atoms with van der Waals surface area (Å²) in [6, 6.07) is 0. The second-order valence-corrected chi connectivity index (χ2v) is 9.40. The Bertz CT molecular complexity index is 601. The third kappa shape index (κ3) is 14.0. The molecule has 0 aliphatic carbocycles. The van der Waals surface area contributed by atoms with Crippen molar-refractivity contribution < 1.29 is 39.2 Å². The molecule has 8 nitrogen and oxygen atoms in total. The van der Waals surface area contributed by atoms with Crippen LogP contribution in [0.1, 0.15) is 117 Å². The van der Waals surface area contributed by atoms with Gasteiger partial charge in [0.2, 0.25) is 0 Å². The van der Waals surface area contributed by atoms with Crippen LogP contribution in [0.3, 0.4) is 0 Å². The number of aliphatic hydroxyl groups is 1. The van der Waals surface area contributed by atoms with Crippen molar-refractivity contribution in [3.05, 3.63) is 0 Å². The van der Waals surface area contributed by atoms with E-state index in [0.29, 0.717) is 19.3 Å². The van der Waals surface area contributed by atoms with Crippen LogP contribution in [-0.4, -0.2) is 44.8 Å². The minimum Gasteiger partial charge on any atom is -0.481 e. The Labute approximate surface area is 198 Å². The van der Waals surface area contributed by atoms with Crippen molar-refractivity contribution in [1.29, 1.82) is 0 Å². The van der Waals surface area contributed by atoms with Gasteiger partial charge in [-0.25, -0.2) is 4.79 Å². The molecule has 0 saturated heterocycles. The lowest BCUT2D eigenvalue weighted by molar-refractivity contribution is -0.184. The first-order valence-electron chi connectivity index (χ1n) is 12.5. The molecule has 0 aliphatic rings. The molecular weight excluding hydrogens is 428 g/mol. The Balaban J connectivity index is 4.78. The third-order valence-electron chi connectivity index (χ3n) is 5.88. The fourth-order valence-electron chi connectivity index (χ4n) is 3.85. The number of hydrogen-bond donors (Lipinski definition) is 3. The maximum atomic E-state index is 12.6. The molecule has 0 heterocycles. The van der Waals surface area contributed by atoms with Gasteiger partial charge >= 0.3 is 23.9 Å². The molecule has 0 fully saturated rings. The third-order valence-corrected chi connectivity index (χ3v) is 5.88. The van der Waals surface area contributed by atoms with Gasteiger partial charge in [0.25, 0.3) is 0 Å². The number of carbonyl (C=O) groups is 4. The molecule has 0 aromatic rings. The van der Waals surface area contributed by atoms with Crippen LogP contribution in [0.5, 0.6) is 0 Å². The van der Waals surface area contributed by atoms with E-state index in [0.717, 1.165) is 38.0 Å². The molecule has 2 unspecified atom stereocenters. The molecule has 33 heavy (non-hydrogen) atoms. The van der Waals surface area contributed by atoms with E-state index in [4.69, 9.17) is 9.84 Å². The number of carboxylic acids is 2. The predicted octanol–water partition coefficient (Wildman–Crippen LogP) is 5.10. The van der Waals surface area contributed by atoms with Crippen molar-refractivity contribution >= 4 is 23.9 Å². The number of hydrogen-bond acceptors (Lipinski definition) is 6. The smallest absolute Gasteiger partial charge is 0.337 e. The van der Waals surface area contributed by atoms with Crippen LogP contribution in [0.15, 0.2) is 0 Å². The first kappa shape index (κ1) is 31.0. The van der Waals surface area contributed by atoms with Crippen LogP contribution in [0.25, 0.3) is 0 Å². The Hall–Kier alpha value is -1.96. The lowest BCUT2D eigenvalue weighted by Gasteiger charge is -2.29. The SMILES string of the molecule is CCCCCC(=O)OC(=O)C(CCCCCCCCCCC(C)C)C(O)(CC(=O)O)C(=O)O. The number of ether oxygens (including phenoxy) is 1. The molecule has 0 radical (unpaired) electrons. The van der Waals surface area contributed by atoms with Gasteiger partial charge in [-0.1, -0.05) is 91.4 Å². The minimum absolute atomic E-state index is 0.00784. The zero-order valence-electron chi connectivity index (χ0n) is 20.6. The molecule has 0 rings (SSSR count). The molecule has 0 aromatic carbocycles. The second-order valence-electron chi connectivity index (χ2n) is 9.40. The molecule has 192 valence electrons. The van der Waals surface area contributed by atoms with Gasteiger partial charge in [-0.05, 0) is 18.8 Å². The van der Waals surface area contributed by atoms with E-state index >= 15 is 0 Å². The minimum atomic E-state index is -2.83. The molecule has 8 heteroatoms. The van der Waals surface area contributed by atoms with Gasteiger partial charge in [-0.15, -0.1) is 0 Å². The molecule has 0 saturated carbocycles. The molecular formula is C25H44O8. The summed E-state index contributed by atoms with van der Waals surface area (Å²) in [5, 5.41) is 29.1. The van der Waals surface area contributed by atoms with Crippen molar-refractivity contribution in [2.45, 2.75) is 123 Å². The highest BCUT2D eigenvalue weighted by Gasteiger charge is 2.50. The van der Waals surface area contributed by atoms with Crippen molar-refractivity contribution in [2.24, 2.45) is 11.8 Å². The van der Waals surface area contributed by atoms with E-state index in [9.17, 15) is 29.4 Å². The van der Waals surface area contributed by atoms with E-state index in [1.54, 1.807) is 0 Å². The lowest BCUT2D eigenvalue weighted by atomic mass is 9.81. The van der Waals surface area contributed by atoms with E-state index in [1.807, 2.05) is 6.92 Å². The standard InChI is InChI=1S/C25H44O8/c1-4-5-12-17-22(28)33-23(29)20(25(32,24(30)31)18-21(26)27)16-14-11-9-7-6-8-10-13-15-19(2)3/h19-20,32H,4-18H2,1-3H3,(H,26,27)(H,30,31). The van der Waals surface area contributed by atoms with Crippen molar-refractivity contribution in [2.75, 3.05) is 0 Å². The summed E-state index contributed by atoms with van der Waals surface area (Å²) in [6.45, 7) is 6.39. The molecule has 0 aromatic heterocycles. The topological polar surface area (TPSA) is 138 Å². The normalized spacial score (nSPS) is 14.0. The first-order chi connectivity index (χ1) is 15.5. The molecule has 0 spiro atoms. The van der Waals surface area contributed by atoms with E-state index in [2.05, 4.69) is 13.8 Å². The second kappa shape index (κ2) is 17.5. The van der Waals surface area contributed by atoms with Gasteiger partial charge in [0, 0.05) is 6.42 Å². The van der Waals surface area contributed by atoms with Gasteiger partial charge in [0.1, 0.15) is 0 Å². The zero-order valence-corrected chi connectivity index (χ0v) is 20.6. The Kier molecular flexibility index (Phi) is 16.5. The largest absolute Gasteiger partial charge is 0.481 e. The number of unbranched alkanes of at least 4 members (excludes halogenated alkanes) is 9. The lowest BCUT2D eigenvalue weighted by Crippen LogP contribution is -2.51. The molecule has 0 aliphatic heterocycles. The van der Waals surface area contributed by atoms with Crippen LogP contribution in [0, 0.1) is 11.8 Å². The fourth-order valence-corrected chi connectivity index (χ4v) is 3.85. The Morgan fingerprint density at radius 2 is 1.30 bits per heavy atom. The van der Waals surface area contributed by atoms with Gasteiger partial charge in [-0.2, -0.15) is 0 Å².